The number of carbonyl (C=O) groups excluding carboxylic acids is 1. The van der Waals surface area contributed by atoms with Crippen LogP contribution in [0.3, 0.4) is 0 Å². The highest BCUT2D eigenvalue weighted by Crippen LogP contribution is 2.31. The number of nitro benzene ring substituents is 1. The summed E-state index contributed by atoms with van der Waals surface area (Å²) in [5.41, 5.74) is -0.496. The van der Waals surface area contributed by atoms with Crippen molar-refractivity contribution in [2.45, 2.75) is 50.7 Å². The van der Waals surface area contributed by atoms with Crippen molar-refractivity contribution in [3.05, 3.63) is 28.3 Å². The van der Waals surface area contributed by atoms with Gasteiger partial charge in [0, 0.05) is 25.2 Å². The summed E-state index contributed by atoms with van der Waals surface area (Å²) in [7, 11) is -3.83. The van der Waals surface area contributed by atoms with E-state index in [9.17, 15) is 23.3 Å². The molecule has 1 aliphatic rings. The zero-order chi connectivity index (χ0) is 19.5. The zero-order valence-corrected chi connectivity index (χ0v) is 15.8. The Morgan fingerprint density at radius 3 is 2.50 bits per heavy atom. The summed E-state index contributed by atoms with van der Waals surface area (Å²) in [5.74, 6) is -0.506. The molecule has 1 aromatic rings. The van der Waals surface area contributed by atoms with Gasteiger partial charge in [-0.1, -0.05) is 13.8 Å². The second-order valence-corrected chi connectivity index (χ2v) is 7.96. The van der Waals surface area contributed by atoms with Gasteiger partial charge in [-0.3, -0.25) is 14.9 Å². The first-order chi connectivity index (χ1) is 12.2. The number of nitro groups is 1. The molecule has 26 heavy (non-hydrogen) atoms. The third kappa shape index (κ3) is 4.50. The van der Waals surface area contributed by atoms with Crippen LogP contribution >= 0.6 is 0 Å². The van der Waals surface area contributed by atoms with E-state index >= 15 is 0 Å². The maximum Gasteiger partial charge on any atom is 0.312 e. The third-order valence-corrected chi connectivity index (χ3v) is 6.11. The number of ether oxygens (including phenoxy) is 1. The Balaban J connectivity index is 2.28. The number of nitrogens with zero attached hydrogens (tertiary/aromatic N) is 2. The van der Waals surface area contributed by atoms with Gasteiger partial charge in [-0.25, -0.2) is 8.42 Å². The summed E-state index contributed by atoms with van der Waals surface area (Å²) >= 11 is 0. The van der Waals surface area contributed by atoms with Gasteiger partial charge in [0.15, 0.2) is 11.9 Å². The van der Waals surface area contributed by atoms with Gasteiger partial charge in [-0.2, -0.15) is 4.31 Å². The molecule has 0 bridgehead atoms. The summed E-state index contributed by atoms with van der Waals surface area (Å²) < 4.78 is 31.7. The fraction of sp³-hybridized carbons (Fsp3) is 0.562. The van der Waals surface area contributed by atoms with Gasteiger partial charge in [-0.15, -0.1) is 0 Å². The average molecular weight is 385 g/mol. The summed E-state index contributed by atoms with van der Waals surface area (Å²) in [6.07, 6.45) is 0.895. The lowest BCUT2D eigenvalue weighted by molar-refractivity contribution is -0.386. The molecule has 0 unspecified atom stereocenters. The molecule has 10 heteroatoms. The first kappa shape index (κ1) is 20.1. The van der Waals surface area contributed by atoms with Crippen molar-refractivity contribution < 1.29 is 22.9 Å². The Morgan fingerprint density at radius 2 is 2.00 bits per heavy atom. The smallest absolute Gasteiger partial charge is 0.312 e. The van der Waals surface area contributed by atoms with Crippen LogP contribution in [0.1, 0.15) is 33.6 Å². The lowest BCUT2D eigenvalue weighted by Crippen LogP contribution is -2.37. The van der Waals surface area contributed by atoms with Gasteiger partial charge >= 0.3 is 5.69 Å². The van der Waals surface area contributed by atoms with Gasteiger partial charge in [0.05, 0.1) is 9.82 Å². The molecule has 0 heterocycles. The van der Waals surface area contributed by atoms with Crippen LogP contribution in [0.15, 0.2) is 23.1 Å². The fourth-order valence-corrected chi connectivity index (χ4v) is 3.88. The normalized spacial score (nSPS) is 15.5. The highest BCUT2D eigenvalue weighted by Gasteiger charge is 2.29. The van der Waals surface area contributed by atoms with Crippen LogP contribution in [0.2, 0.25) is 0 Å². The quantitative estimate of drug-likeness (QED) is 0.510. The largest absolute Gasteiger partial charge is 0.474 e. The van der Waals surface area contributed by atoms with Gasteiger partial charge < -0.3 is 10.1 Å². The van der Waals surface area contributed by atoms with Crippen LogP contribution in [-0.2, 0) is 14.8 Å². The minimum Gasteiger partial charge on any atom is -0.474 e. The summed E-state index contributed by atoms with van der Waals surface area (Å²) in [6, 6.07) is 3.58. The standard InChI is InChI=1S/C16H23N3O6S/c1-4-18(5-2)26(23,24)13-8-9-15(14(10-13)19(21)22)25-11(3)16(20)17-12-6-7-12/h8-12H,4-7H2,1-3H3,(H,17,20)/t11-/m0/s1. The van der Waals surface area contributed by atoms with E-state index in [4.69, 9.17) is 4.74 Å². The van der Waals surface area contributed by atoms with Crippen LogP contribution < -0.4 is 10.1 Å². The monoisotopic (exact) mass is 385 g/mol. The molecule has 1 aromatic carbocycles. The molecule has 1 amide bonds. The third-order valence-electron chi connectivity index (χ3n) is 4.07. The maximum atomic E-state index is 12.5. The predicted octanol–water partition coefficient (Wildman–Crippen LogP) is 1.67. The van der Waals surface area contributed by atoms with Gasteiger partial charge in [0.2, 0.25) is 10.0 Å². The number of nitrogens with one attached hydrogen (secondary N) is 1. The molecule has 2 rings (SSSR count). The van der Waals surface area contributed by atoms with Crippen molar-refractivity contribution in [3.63, 3.8) is 0 Å². The molecule has 0 aromatic heterocycles. The van der Waals surface area contributed by atoms with E-state index < -0.39 is 26.7 Å². The molecule has 1 aliphatic carbocycles. The average Bonchev–Trinajstić information content (AvgIpc) is 3.39. The van der Waals surface area contributed by atoms with Crippen LogP contribution in [-0.4, -0.2) is 48.8 Å². The summed E-state index contributed by atoms with van der Waals surface area (Å²) in [4.78, 5) is 22.4. The second-order valence-electron chi connectivity index (χ2n) is 6.02. The molecule has 0 spiro atoms. The van der Waals surface area contributed by atoms with Crippen molar-refractivity contribution in [1.82, 2.24) is 9.62 Å². The van der Waals surface area contributed by atoms with E-state index in [1.165, 1.54) is 23.4 Å². The van der Waals surface area contributed by atoms with Crippen molar-refractivity contribution in [3.8, 4) is 5.75 Å². The van der Waals surface area contributed by atoms with Crippen molar-refractivity contribution in [2.24, 2.45) is 0 Å². The Morgan fingerprint density at radius 1 is 1.38 bits per heavy atom. The molecule has 0 radical (unpaired) electrons. The summed E-state index contributed by atoms with van der Waals surface area (Å²) in [6.45, 7) is 5.37. The van der Waals surface area contributed by atoms with E-state index in [0.717, 1.165) is 18.9 Å². The molecule has 0 saturated heterocycles. The number of carbonyl (C=O) groups is 1. The SMILES string of the molecule is CCN(CC)S(=O)(=O)c1ccc(O[C@@H](C)C(=O)NC2CC2)c([N+](=O)[O-])c1. The zero-order valence-electron chi connectivity index (χ0n) is 15.0. The molecule has 1 saturated carbocycles. The number of hydrogen-bond acceptors (Lipinski definition) is 6. The number of hydrogen-bond donors (Lipinski definition) is 1. The van der Waals surface area contributed by atoms with Crippen molar-refractivity contribution in [2.75, 3.05) is 13.1 Å². The van der Waals surface area contributed by atoms with Crippen molar-refractivity contribution >= 4 is 21.6 Å². The first-order valence-corrected chi connectivity index (χ1v) is 9.90. The van der Waals surface area contributed by atoms with Gasteiger partial charge in [-0.05, 0) is 31.9 Å². The fourth-order valence-electron chi connectivity index (χ4n) is 2.40. The maximum absolute atomic E-state index is 12.5. The molecule has 9 nitrogen and oxygen atoms in total. The number of rotatable bonds is 9. The highest BCUT2D eigenvalue weighted by molar-refractivity contribution is 7.89. The lowest BCUT2D eigenvalue weighted by Gasteiger charge is -2.19. The minimum absolute atomic E-state index is 0.144. The molecule has 1 atom stereocenters. The number of sulfonamides is 1. The predicted molar refractivity (Wildman–Crippen MR) is 94.5 cm³/mol. The molecular formula is C16H23N3O6S. The Kier molecular flexibility index (Phi) is 6.19. The van der Waals surface area contributed by atoms with Crippen LogP contribution in [0, 0.1) is 10.1 Å². The lowest BCUT2D eigenvalue weighted by atomic mass is 10.3. The molecule has 1 fully saturated rings. The van der Waals surface area contributed by atoms with Gasteiger partial charge in [0.25, 0.3) is 5.91 Å². The van der Waals surface area contributed by atoms with Crippen molar-refractivity contribution in [1.29, 1.82) is 0 Å². The highest BCUT2D eigenvalue weighted by atomic mass is 32.2. The Hall–Kier alpha value is -2.20. The number of amides is 1. The number of benzene rings is 1. The van der Waals surface area contributed by atoms with E-state index in [2.05, 4.69) is 5.32 Å². The molecular weight excluding hydrogens is 362 g/mol. The van der Waals surface area contributed by atoms with Gasteiger partial charge in [0.1, 0.15) is 0 Å². The molecule has 0 aliphatic heterocycles. The molecule has 144 valence electrons. The second kappa shape index (κ2) is 8.00. The Labute approximate surface area is 152 Å². The van der Waals surface area contributed by atoms with E-state index in [0.29, 0.717) is 0 Å². The topological polar surface area (TPSA) is 119 Å². The van der Waals surface area contributed by atoms with Crippen LogP contribution in [0.4, 0.5) is 5.69 Å². The first-order valence-electron chi connectivity index (χ1n) is 8.46. The van der Waals surface area contributed by atoms with E-state index in [1.807, 2.05) is 0 Å². The van der Waals surface area contributed by atoms with Crippen LogP contribution in [0.25, 0.3) is 0 Å². The van der Waals surface area contributed by atoms with E-state index in [1.54, 1.807) is 13.8 Å². The van der Waals surface area contributed by atoms with Crippen LogP contribution in [0.5, 0.6) is 5.75 Å². The summed E-state index contributed by atoms with van der Waals surface area (Å²) in [5, 5.41) is 14.1. The minimum atomic E-state index is -3.83. The van der Waals surface area contributed by atoms with E-state index in [-0.39, 0.29) is 35.7 Å². The molecule has 1 N–H and O–H groups in total. The Bertz CT molecular complexity index is 787.